The zero-order valence-corrected chi connectivity index (χ0v) is 10.1. The van der Waals surface area contributed by atoms with E-state index in [9.17, 15) is 31.4 Å². The summed E-state index contributed by atoms with van der Waals surface area (Å²) in [4.78, 5) is 3.45. The van der Waals surface area contributed by atoms with Crippen LogP contribution in [0.25, 0.3) is 0 Å². The second-order valence-corrected chi connectivity index (χ2v) is 4.16. The summed E-state index contributed by atoms with van der Waals surface area (Å²) >= 11 is 0. The molecule has 0 aliphatic heterocycles. The number of hydrogen-bond donors (Lipinski definition) is 1. The maximum Gasteiger partial charge on any atom is 0.416 e. The smallest absolute Gasteiger partial charge is 0.384 e. The van der Waals surface area contributed by atoms with E-state index in [1.54, 1.807) is 0 Å². The molecule has 0 fully saturated rings. The quantitative estimate of drug-likeness (QED) is 0.679. The highest BCUT2D eigenvalue weighted by Crippen LogP contribution is 2.36. The van der Waals surface area contributed by atoms with Gasteiger partial charge in [-0.2, -0.15) is 13.2 Å². The van der Waals surface area contributed by atoms with Crippen LogP contribution in [0.4, 0.5) is 26.3 Å². The topological polar surface area (TPSA) is 33.1 Å². The SMILES string of the molecule is OC(c1cc(F)c(F)c(F)c1)c1cnccc1C(F)(F)F. The lowest BCUT2D eigenvalue weighted by atomic mass is 9.98. The lowest BCUT2D eigenvalue weighted by Gasteiger charge is -2.17. The van der Waals surface area contributed by atoms with Crippen molar-refractivity contribution >= 4 is 0 Å². The molecule has 1 aromatic carbocycles. The van der Waals surface area contributed by atoms with E-state index in [0.717, 1.165) is 12.4 Å². The fraction of sp³-hybridized carbons (Fsp3) is 0.154. The molecule has 1 atom stereocenters. The monoisotopic (exact) mass is 307 g/mol. The van der Waals surface area contributed by atoms with Crippen LogP contribution in [0, 0.1) is 17.5 Å². The van der Waals surface area contributed by atoms with Crippen molar-refractivity contribution in [2.45, 2.75) is 12.3 Å². The molecule has 0 aliphatic rings. The van der Waals surface area contributed by atoms with Gasteiger partial charge in [-0.25, -0.2) is 13.2 Å². The van der Waals surface area contributed by atoms with E-state index < -0.39 is 46.4 Å². The Labute approximate surface area is 114 Å². The summed E-state index contributed by atoms with van der Waals surface area (Å²) in [6.07, 6.45) is -5.19. The van der Waals surface area contributed by atoms with Gasteiger partial charge in [-0.05, 0) is 23.8 Å². The predicted molar refractivity (Wildman–Crippen MR) is 59.6 cm³/mol. The molecule has 1 aromatic heterocycles. The summed E-state index contributed by atoms with van der Waals surface area (Å²) in [7, 11) is 0. The highest BCUT2D eigenvalue weighted by atomic mass is 19.4. The van der Waals surface area contributed by atoms with Crippen molar-refractivity contribution in [2.24, 2.45) is 0 Å². The van der Waals surface area contributed by atoms with Crippen molar-refractivity contribution in [1.29, 1.82) is 0 Å². The van der Waals surface area contributed by atoms with Gasteiger partial charge in [0, 0.05) is 18.0 Å². The summed E-state index contributed by atoms with van der Waals surface area (Å²) < 4.78 is 77.4. The van der Waals surface area contributed by atoms with E-state index in [2.05, 4.69) is 4.98 Å². The van der Waals surface area contributed by atoms with Crippen LogP contribution in [0.1, 0.15) is 22.8 Å². The molecule has 0 saturated heterocycles. The van der Waals surface area contributed by atoms with E-state index in [0.29, 0.717) is 18.2 Å². The second-order valence-electron chi connectivity index (χ2n) is 4.16. The average Bonchev–Trinajstić information content (AvgIpc) is 2.42. The number of aliphatic hydroxyl groups is 1. The van der Waals surface area contributed by atoms with Crippen LogP contribution in [0.5, 0.6) is 0 Å². The van der Waals surface area contributed by atoms with Gasteiger partial charge in [-0.1, -0.05) is 0 Å². The highest BCUT2D eigenvalue weighted by molar-refractivity contribution is 5.36. The Balaban J connectivity index is 2.53. The zero-order valence-electron chi connectivity index (χ0n) is 10.1. The minimum absolute atomic E-state index is 0.427. The average molecular weight is 307 g/mol. The third-order valence-corrected chi connectivity index (χ3v) is 2.77. The van der Waals surface area contributed by atoms with Gasteiger partial charge in [0.15, 0.2) is 17.5 Å². The Morgan fingerprint density at radius 3 is 2.14 bits per heavy atom. The van der Waals surface area contributed by atoms with E-state index in [-0.39, 0.29) is 0 Å². The zero-order chi connectivity index (χ0) is 15.8. The fourth-order valence-corrected chi connectivity index (χ4v) is 1.80. The fourth-order valence-electron chi connectivity index (χ4n) is 1.80. The molecule has 8 heteroatoms. The van der Waals surface area contributed by atoms with Gasteiger partial charge in [-0.3, -0.25) is 4.98 Å². The van der Waals surface area contributed by atoms with Crippen molar-refractivity contribution in [3.63, 3.8) is 0 Å². The number of halogens is 6. The molecule has 0 amide bonds. The molecule has 0 spiro atoms. The van der Waals surface area contributed by atoms with Gasteiger partial charge in [0.25, 0.3) is 0 Å². The summed E-state index contributed by atoms with van der Waals surface area (Å²) in [5, 5.41) is 9.88. The van der Waals surface area contributed by atoms with Crippen molar-refractivity contribution in [1.82, 2.24) is 4.98 Å². The van der Waals surface area contributed by atoms with Crippen LogP contribution in [0.15, 0.2) is 30.6 Å². The standard InChI is InChI=1S/C13H7F6NO/c14-9-3-6(4-10(15)11(9)16)12(21)7-5-20-2-1-8(7)13(17,18)19/h1-5,12,21H. The van der Waals surface area contributed by atoms with Gasteiger partial charge in [0.1, 0.15) is 6.10 Å². The predicted octanol–water partition coefficient (Wildman–Crippen LogP) is 3.60. The van der Waals surface area contributed by atoms with E-state index in [1.807, 2.05) is 0 Å². The normalized spacial score (nSPS) is 13.3. The molecule has 0 saturated carbocycles. The molecule has 1 N–H and O–H groups in total. The first-order chi connectivity index (χ1) is 9.71. The summed E-state index contributed by atoms with van der Waals surface area (Å²) in [6, 6.07) is 1.47. The number of hydrogen-bond acceptors (Lipinski definition) is 2. The molecule has 1 heterocycles. The van der Waals surface area contributed by atoms with E-state index in [4.69, 9.17) is 0 Å². The number of aromatic nitrogens is 1. The Kier molecular flexibility index (Phi) is 3.91. The van der Waals surface area contributed by atoms with Gasteiger partial charge in [0.05, 0.1) is 5.56 Å². The highest BCUT2D eigenvalue weighted by Gasteiger charge is 2.35. The lowest BCUT2D eigenvalue weighted by molar-refractivity contribution is -0.139. The number of aliphatic hydroxyl groups excluding tert-OH is 1. The minimum atomic E-state index is -4.78. The Hall–Kier alpha value is -2.09. The van der Waals surface area contributed by atoms with Crippen molar-refractivity contribution in [3.8, 4) is 0 Å². The van der Waals surface area contributed by atoms with E-state index >= 15 is 0 Å². The molecule has 0 bridgehead atoms. The van der Waals surface area contributed by atoms with E-state index in [1.165, 1.54) is 0 Å². The first-order valence-electron chi connectivity index (χ1n) is 5.55. The van der Waals surface area contributed by atoms with Crippen LogP contribution >= 0.6 is 0 Å². The Morgan fingerprint density at radius 1 is 1.05 bits per heavy atom. The summed E-state index contributed by atoms with van der Waals surface area (Å²) in [5.74, 6) is -4.99. The molecule has 0 aliphatic carbocycles. The molecule has 2 nitrogen and oxygen atoms in total. The minimum Gasteiger partial charge on any atom is -0.384 e. The van der Waals surface area contributed by atoms with Gasteiger partial charge >= 0.3 is 6.18 Å². The van der Waals surface area contributed by atoms with Gasteiger partial charge in [0.2, 0.25) is 0 Å². The van der Waals surface area contributed by atoms with Crippen molar-refractivity contribution in [3.05, 3.63) is 64.7 Å². The number of benzene rings is 1. The molecular formula is C13H7F6NO. The Morgan fingerprint density at radius 2 is 1.62 bits per heavy atom. The first kappa shape index (κ1) is 15.3. The summed E-state index contributed by atoms with van der Waals surface area (Å²) in [5.41, 5.74) is -2.43. The number of nitrogens with zero attached hydrogens (tertiary/aromatic N) is 1. The third kappa shape index (κ3) is 2.99. The molecule has 2 aromatic rings. The molecule has 0 radical (unpaired) electrons. The van der Waals surface area contributed by atoms with Gasteiger partial charge in [-0.15, -0.1) is 0 Å². The molecular weight excluding hydrogens is 300 g/mol. The molecule has 1 unspecified atom stereocenters. The van der Waals surface area contributed by atoms with Gasteiger partial charge < -0.3 is 5.11 Å². The number of pyridine rings is 1. The Bertz CT molecular complexity index is 647. The van der Waals surface area contributed by atoms with Crippen LogP contribution in [0.3, 0.4) is 0 Å². The molecule has 21 heavy (non-hydrogen) atoms. The number of alkyl halides is 3. The second kappa shape index (κ2) is 5.36. The van der Waals surface area contributed by atoms with Crippen molar-refractivity contribution < 1.29 is 31.4 Å². The number of rotatable bonds is 2. The third-order valence-electron chi connectivity index (χ3n) is 2.77. The first-order valence-corrected chi connectivity index (χ1v) is 5.55. The maximum atomic E-state index is 13.1. The lowest BCUT2D eigenvalue weighted by Crippen LogP contribution is -2.13. The van der Waals surface area contributed by atoms with Crippen LogP contribution < -0.4 is 0 Å². The van der Waals surface area contributed by atoms with Crippen LogP contribution in [-0.2, 0) is 6.18 Å². The molecule has 2 rings (SSSR count). The largest absolute Gasteiger partial charge is 0.416 e. The maximum absolute atomic E-state index is 13.1. The van der Waals surface area contributed by atoms with Crippen LogP contribution in [-0.4, -0.2) is 10.1 Å². The van der Waals surface area contributed by atoms with Crippen LogP contribution in [0.2, 0.25) is 0 Å². The summed E-state index contributed by atoms with van der Waals surface area (Å²) in [6.45, 7) is 0. The van der Waals surface area contributed by atoms with Crippen molar-refractivity contribution in [2.75, 3.05) is 0 Å². The molecule has 112 valence electrons.